The third-order valence-electron chi connectivity index (χ3n) is 7.45. The van der Waals surface area contributed by atoms with E-state index >= 15 is 0 Å². The lowest BCUT2D eigenvalue weighted by molar-refractivity contribution is 0.0374. The number of sulfonamides is 2. The third-order valence-corrected chi connectivity index (χ3v) is 11.3. The van der Waals surface area contributed by atoms with Gasteiger partial charge in [0.15, 0.2) is 0 Å². The fourth-order valence-electron chi connectivity index (χ4n) is 4.80. The van der Waals surface area contributed by atoms with E-state index in [1.807, 2.05) is 13.8 Å². The van der Waals surface area contributed by atoms with Crippen LogP contribution in [0.1, 0.15) is 11.1 Å². The van der Waals surface area contributed by atoms with Crippen LogP contribution in [0.3, 0.4) is 0 Å². The molecule has 0 spiro atoms. The molecule has 0 N–H and O–H groups in total. The van der Waals surface area contributed by atoms with Crippen molar-refractivity contribution >= 4 is 20.0 Å². The minimum absolute atomic E-state index is 0.0438. The van der Waals surface area contributed by atoms with Crippen molar-refractivity contribution in [3.8, 4) is 0 Å². The first-order valence-electron chi connectivity index (χ1n) is 13.9. The van der Waals surface area contributed by atoms with E-state index < -0.39 is 20.0 Å². The molecule has 0 aromatic heterocycles. The number of hydrogen-bond acceptors (Lipinski definition) is 8. The maximum atomic E-state index is 13.8. The van der Waals surface area contributed by atoms with Gasteiger partial charge in [0.1, 0.15) is 0 Å². The maximum absolute atomic E-state index is 13.8. The number of nitrogens with zero attached hydrogens (tertiary/aromatic N) is 4. The van der Waals surface area contributed by atoms with Crippen molar-refractivity contribution in [3.63, 3.8) is 0 Å². The van der Waals surface area contributed by atoms with E-state index in [0.29, 0.717) is 65.7 Å². The van der Waals surface area contributed by atoms with Gasteiger partial charge in [-0.1, -0.05) is 35.4 Å². The van der Waals surface area contributed by atoms with Gasteiger partial charge in [0, 0.05) is 65.4 Å². The Balaban J connectivity index is 1.68. The van der Waals surface area contributed by atoms with Crippen molar-refractivity contribution in [3.05, 3.63) is 59.7 Å². The second kappa shape index (κ2) is 14.3. The Kier molecular flexibility index (Phi) is 11.1. The van der Waals surface area contributed by atoms with Gasteiger partial charge < -0.3 is 9.47 Å². The standard InChI is InChI=1S/C28H42N4O6S2/c1-25-3-7-27(8-4-25)39(33,34)31-13-11-29-17-21-37-23-19-30(20-24-38-22-18-29)12-14-32(16-15-31)40(35,36)28-9-5-26(2)6-10-28/h3-10H,11-24H2,1-2H3. The first-order chi connectivity index (χ1) is 19.2. The van der Waals surface area contributed by atoms with Crippen LogP contribution in [0.25, 0.3) is 0 Å². The molecule has 0 saturated carbocycles. The normalized spacial score (nSPS) is 23.9. The summed E-state index contributed by atoms with van der Waals surface area (Å²) in [5.74, 6) is 0. The average molecular weight is 595 g/mol. The van der Waals surface area contributed by atoms with Gasteiger partial charge in [0.05, 0.1) is 36.2 Å². The number of rotatable bonds is 4. The van der Waals surface area contributed by atoms with Gasteiger partial charge in [0.25, 0.3) is 0 Å². The number of hydrogen-bond donors (Lipinski definition) is 0. The topological polar surface area (TPSA) is 99.7 Å². The molecule has 3 heterocycles. The molecule has 3 aliphatic rings. The summed E-state index contributed by atoms with van der Waals surface area (Å²) in [6.07, 6.45) is 0. The summed E-state index contributed by atoms with van der Waals surface area (Å²) < 4.78 is 69.9. The molecular weight excluding hydrogens is 552 g/mol. The largest absolute Gasteiger partial charge is 0.379 e. The molecule has 5 rings (SSSR count). The molecule has 10 nitrogen and oxygen atoms in total. The lowest BCUT2D eigenvalue weighted by atomic mass is 10.2. The summed E-state index contributed by atoms with van der Waals surface area (Å²) in [5, 5.41) is 0. The lowest BCUT2D eigenvalue weighted by Crippen LogP contribution is -2.46. The second-order valence-electron chi connectivity index (χ2n) is 10.3. The molecule has 222 valence electrons. The number of benzene rings is 2. The van der Waals surface area contributed by atoms with Gasteiger partial charge >= 0.3 is 0 Å². The maximum Gasteiger partial charge on any atom is 0.243 e. The van der Waals surface area contributed by atoms with Crippen molar-refractivity contribution < 1.29 is 26.3 Å². The van der Waals surface area contributed by atoms with Crippen LogP contribution in [0.4, 0.5) is 0 Å². The van der Waals surface area contributed by atoms with Crippen molar-refractivity contribution in [2.24, 2.45) is 0 Å². The number of fused-ring (bicyclic) bond motifs is 15. The van der Waals surface area contributed by atoms with E-state index in [0.717, 1.165) is 11.1 Å². The minimum Gasteiger partial charge on any atom is -0.379 e. The van der Waals surface area contributed by atoms with Crippen molar-refractivity contribution in [1.29, 1.82) is 0 Å². The van der Waals surface area contributed by atoms with Crippen molar-refractivity contribution in [2.75, 3.05) is 91.9 Å². The minimum atomic E-state index is -3.86. The predicted molar refractivity (Wildman–Crippen MR) is 154 cm³/mol. The van der Waals surface area contributed by atoms with E-state index in [-0.39, 0.29) is 36.0 Å². The highest BCUT2D eigenvalue weighted by atomic mass is 32.2. The molecule has 0 atom stereocenters. The van der Waals surface area contributed by atoms with Gasteiger partial charge in [-0.05, 0) is 38.1 Å². The fraction of sp³-hybridized carbons (Fsp3) is 0.571. The van der Waals surface area contributed by atoms with Crippen LogP contribution < -0.4 is 0 Å². The highest BCUT2D eigenvalue weighted by Gasteiger charge is 2.30. The fourth-order valence-corrected chi connectivity index (χ4v) is 7.65. The predicted octanol–water partition coefficient (Wildman–Crippen LogP) is 1.65. The molecule has 0 radical (unpaired) electrons. The molecule has 0 aliphatic carbocycles. The van der Waals surface area contributed by atoms with Gasteiger partial charge in [0.2, 0.25) is 20.0 Å². The molecule has 3 aliphatic heterocycles. The van der Waals surface area contributed by atoms with Crippen molar-refractivity contribution in [1.82, 2.24) is 18.4 Å². The van der Waals surface area contributed by atoms with Gasteiger partial charge in [-0.15, -0.1) is 0 Å². The Morgan fingerprint density at radius 3 is 1.10 bits per heavy atom. The van der Waals surface area contributed by atoms with Crippen LogP contribution in [-0.2, 0) is 29.5 Å². The molecule has 0 unspecified atom stereocenters. The summed E-state index contributed by atoms with van der Waals surface area (Å²) in [6, 6.07) is 13.6. The Morgan fingerprint density at radius 1 is 0.475 bits per heavy atom. The summed E-state index contributed by atoms with van der Waals surface area (Å²) in [6.45, 7) is 10.1. The zero-order chi connectivity index (χ0) is 28.6. The average Bonchev–Trinajstić information content (AvgIpc) is 2.93. The van der Waals surface area contributed by atoms with E-state index in [9.17, 15) is 16.8 Å². The summed E-state index contributed by atoms with van der Waals surface area (Å²) >= 11 is 0. The van der Waals surface area contributed by atoms with Crippen LogP contribution in [0.2, 0.25) is 0 Å². The zero-order valence-corrected chi connectivity index (χ0v) is 25.2. The van der Waals surface area contributed by atoms with Crippen LogP contribution in [0.15, 0.2) is 58.3 Å². The molecule has 2 bridgehead atoms. The van der Waals surface area contributed by atoms with Crippen LogP contribution in [-0.4, -0.2) is 127 Å². The zero-order valence-electron chi connectivity index (χ0n) is 23.6. The molecule has 0 amide bonds. The second-order valence-corrected chi connectivity index (χ2v) is 14.2. The quantitative estimate of drug-likeness (QED) is 0.527. The molecule has 3 saturated heterocycles. The first kappa shape index (κ1) is 31.0. The summed E-state index contributed by atoms with van der Waals surface area (Å²) in [7, 11) is -7.72. The van der Waals surface area contributed by atoms with Crippen molar-refractivity contribution in [2.45, 2.75) is 23.6 Å². The van der Waals surface area contributed by atoms with Crippen LogP contribution >= 0.6 is 0 Å². The number of aryl methyl sites for hydroxylation is 2. The third kappa shape index (κ3) is 8.32. The van der Waals surface area contributed by atoms with E-state index in [2.05, 4.69) is 9.80 Å². The summed E-state index contributed by atoms with van der Waals surface area (Å²) in [4.78, 5) is 4.70. The molecular formula is C28H42N4O6S2. The summed E-state index contributed by atoms with van der Waals surface area (Å²) in [5.41, 5.74) is 1.93. The van der Waals surface area contributed by atoms with E-state index in [1.165, 1.54) is 8.61 Å². The molecule has 3 fully saturated rings. The van der Waals surface area contributed by atoms with Gasteiger partial charge in [-0.2, -0.15) is 8.61 Å². The Bertz CT molecular complexity index is 1170. The SMILES string of the molecule is Cc1ccc(S(=O)(=O)N2CCN3CCOCCN(CCOCC3)CCN(S(=O)(=O)c3ccc(C)cc3)CC2)cc1. The monoisotopic (exact) mass is 594 g/mol. The smallest absolute Gasteiger partial charge is 0.243 e. The number of ether oxygens (including phenoxy) is 2. The highest BCUT2D eigenvalue weighted by molar-refractivity contribution is 7.89. The van der Waals surface area contributed by atoms with E-state index in [4.69, 9.17) is 9.47 Å². The van der Waals surface area contributed by atoms with Crippen LogP contribution in [0.5, 0.6) is 0 Å². The first-order valence-corrected chi connectivity index (χ1v) is 16.8. The lowest BCUT2D eigenvalue weighted by Gasteiger charge is -2.30. The van der Waals surface area contributed by atoms with Gasteiger partial charge in [-0.3, -0.25) is 9.80 Å². The Morgan fingerprint density at radius 2 is 0.775 bits per heavy atom. The molecule has 2 aromatic carbocycles. The molecule has 2 aromatic rings. The van der Waals surface area contributed by atoms with E-state index in [1.54, 1.807) is 48.5 Å². The Labute approximate surface area is 239 Å². The van der Waals surface area contributed by atoms with Crippen LogP contribution in [0, 0.1) is 13.8 Å². The molecule has 12 heteroatoms. The van der Waals surface area contributed by atoms with Gasteiger partial charge in [-0.25, -0.2) is 16.8 Å². The molecule has 40 heavy (non-hydrogen) atoms. The highest BCUT2D eigenvalue weighted by Crippen LogP contribution is 2.20. The Hall–Kier alpha value is -1.90.